The molecule has 2 aromatic heterocycles. The van der Waals surface area contributed by atoms with Crippen LogP contribution in [0.15, 0.2) is 22.0 Å². The maximum Gasteiger partial charge on any atom is 0.187 e. The van der Waals surface area contributed by atoms with Crippen LogP contribution in [0.4, 0.5) is 0 Å². The molecule has 0 saturated heterocycles. The fourth-order valence-electron chi connectivity index (χ4n) is 1.53. The molecule has 0 amide bonds. The highest BCUT2D eigenvalue weighted by atomic mass is 79.9. The van der Waals surface area contributed by atoms with Gasteiger partial charge in [-0.2, -0.15) is 10.2 Å². The van der Waals surface area contributed by atoms with E-state index in [0.717, 1.165) is 10.0 Å². The largest absolute Gasteiger partial charge is 0.409 e. The first-order valence-electron chi connectivity index (χ1n) is 5.07. The molecule has 0 spiro atoms. The average molecular weight is 311 g/mol. The maximum atomic E-state index is 8.86. The van der Waals surface area contributed by atoms with E-state index in [0.29, 0.717) is 17.1 Å². The van der Waals surface area contributed by atoms with Gasteiger partial charge in [-0.3, -0.25) is 0 Å². The Balaban J connectivity index is 2.71. The quantitative estimate of drug-likeness (QED) is 0.375. The van der Waals surface area contributed by atoms with Gasteiger partial charge >= 0.3 is 0 Å². The topological polar surface area (TPSA) is 102 Å². The highest BCUT2D eigenvalue weighted by Crippen LogP contribution is 2.18. The van der Waals surface area contributed by atoms with Gasteiger partial charge in [-0.05, 0) is 35.3 Å². The number of amidine groups is 1. The van der Waals surface area contributed by atoms with Crippen LogP contribution in [0.2, 0.25) is 0 Å². The maximum absolute atomic E-state index is 8.86. The summed E-state index contributed by atoms with van der Waals surface area (Å²) < 4.78 is 2.31. The molecule has 3 N–H and O–H groups in total. The lowest BCUT2D eigenvalue weighted by atomic mass is 10.1. The number of rotatable bonds is 2. The Hall–Kier alpha value is -1.96. The van der Waals surface area contributed by atoms with Crippen molar-refractivity contribution in [3.63, 3.8) is 0 Å². The average Bonchev–Trinajstić information content (AvgIpc) is 2.78. The molecule has 18 heavy (non-hydrogen) atoms. The van der Waals surface area contributed by atoms with E-state index in [2.05, 4.69) is 36.4 Å². The summed E-state index contributed by atoms with van der Waals surface area (Å²) in [5.74, 6) is 0.395. The van der Waals surface area contributed by atoms with Gasteiger partial charge in [-0.25, -0.2) is 4.68 Å². The molecule has 0 atom stereocenters. The number of halogens is 1. The first-order valence-corrected chi connectivity index (χ1v) is 5.86. The van der Waals surface area contributed by atoms with Crippen molar-refractivity contribution in [2.24, 2.45) is 10.9 Å². The Morgan fingerprint density at radius 2 is 2.17 bits per heavy atom. The van der Waals surface area contributed by atoms with Crippen LogP contribution < -0.4 is 5.73 Å². The number of aromatic nitrogens is 4. The molecule has 0 saturated carbocycles. The lowest BCUT2D eigenvalue weighted by molar-refractivity contribution is 0.318. The van der Waals surface area contributed by atoms with Crippen LogP contribution >= 0.6 is 15.9 Å². The summed E-state index contributed by atoms with van der Waals surface area (Å²) in [6, 6.07) is 0. The minimum Gasteiger partial charge on any atom is -0.409 e. The van der Waals surface area contributed by atoms with Crippen molar-refractivity contribution in [2.75, 3.05) is 0 Å². The Bertz CT molecular complexity index is 621. The van der Waals surface area contributed by atoms with Crippen molar-refractivity contribution in [2.45, 2.75) is 13.8 Å². The molecule has 0 radical (unpaired) electrons. The molecule has 2 aromatic rings. The Morgan fingerprint density at radius 3 is 2.72 bits per heavy atom. The van der Waals surface area contributed by atoms with Gasteiger partial charge in [-0.1, -0.05) is 5.16 Å². The van der Waals surface area contributed by atoms with Gasteiger partial charge in [-0.15, -0.1) is 5.10 Å². The third kappa shape index (κ3) is 2.06. The highest BCUT2D eigenvalue weighted by molar-refractivity contribution is 9.10. The molecule has 7 nitrogen and oxygen atoms in total. The number of oxime groups is 1. The number of hydrogen-bond acceptors (Lipinski definition) is 5. The van der Waals surface area contributed by atoms with Crippen LogP contribution in [0.5, 0.6) is 0 Å². The van der Waals surface area contributed by atoms with E-state index >= 15 is 0 Å². The Labute approximate surface area is 111 Å². The fourth-order valence-corrected chi connectivity index (χ4v) is 1.82. The smallest absolute Gasteiger partial charge is 0.187 e. The second-order valence-electron chi connectivity index (χ2n) is 3.70. The van der Waals surface area contributed by atoms with E-state index in [1.54, 1.807) is 19.3 Å². The number of nitrogens with zero attached hydrogens (tertiary/aromatic N) is 5. The van der Waals surface area contributed by atoms with E-state index < -0.39 is 0 Å². The standard InChI is InChI=1S/C10H11BrN6O/c1-5-6(2)14-15-10(8(5)9(12)16-18)17-4-7(11)3-13-17/h3-4,18H,1-2H3,(H2,12,16). The molecule has 8 heteroatoms. The van der Waals surface area contributed by atoms with Crippen molar-refractivity contribution in [1.29, 1.82) is 0 Å². The molecule has 0 unspecified atom stereocenters. The third-order valence-electron chi connectivity index (χ3n) is 2.57. The van der Waals surface area contributed by atoms with Crippen LogP contribution in [-0.4, -0.2) is 31.0 Å². The molecule has 0 aliphatic heterocycles. The minimum atomic E-state index is -0.0212. The van der Waals surface area contributed by atoms with Crippen molar-refractivity contribution < 1.29 is 5.21 Å². The van der Waals surface area contributed by atoms with Crippen LogP contribution in [-0.2, 0) is 0 Å². The second kappa shape index (κ2) is 4.73. The zero-order chi connectivity index (χ0) is 13.3. The molecule has 2 rings (SSSR count). The van der Waals surface area contributed by atoms with Crippen LogP contribution in [0.1, 0.15) is 16.8 Å². The zero-order valence-corrected chi connectivity index (χ0v) is 11.4. The second-order valence-corrected chi connectivity index (χ2v) is 4.61. The van der Waals surface area contributed by atoms with Crippen molar-refractivity contribution in [3.05, 3.63) is 33.7 Å². The van der Waals surface area contributed by atoms with Gasteiger partial charge in [0, 0.05) is 6.20 Å². The zero-order valence-electron chi connectivity index (χ0n) is 9.79. The number of hydrogen-bond donors (Lipinski definition) is 2. The van der Waals surface area contributed by atoms with Gasteiger partial charge in [0.25, 0.3) is 0 Å². The van der Waals surface area contributed by atoms with Gasteiger partial charge in [0.1, 0.15) is 0 Å². The van der Waals surface area contributed by atoms with E-state index in [1.807, 2.05) is 6.92 Å². The van der Waals surface area contributed by atoms with Crippen LogP contribution in [0.25, 0.3) is 5.82 Å². The summed E-state index contributed by atoms with van der Waals surface area (Å²) in [5, 5.41) is 24.1. The van der Waals surface area contributed by atoms with Gasteiger partial charge < -0.3 is 10.9 Å². The van der Waals surface area contributed by atoms with Crippen LogP contribution in [0.3, 0.4) is 0 Å². The molecule has 0 bridgehead atoms. The summed E-state index contributed by atoms with van der Waals surface area (Å²) in [6.45, 7) is 3.64. The van der Waals surface area contributed by atoms with Gasteiger partial charge in [0.05, 0.1) is 21.9 Å². The van der Waals surface area contributed by atoms with Gasteiger partial charge in [0.2, 0.25) is 0 Å². The number of nitrogens with two attached hydrogens (primary N) is 1. The summed E-state index contributed by atoms with van der Waals surface area (Å²) in [6.07, 6.45) is 3.33. The van der Waals surface area contributed by atoms with Gasteiger partial charge in [0.15, 0.2) is 11.7 Å². The van der Waals surface area contributed by atoms with Crippen LogP contribution in [0, 0.1) is 13.8 Å². The predicted octanol–water partition coefficient (Wildman–Crippen LogP) is 1.14. The molecule has 0 aromatic carbocycles. The molecular formula is C10H11BrN6O. The fraction of sp³-hybridized carbons (Fsp3) is 0.200. The minimum absolute atomic E-state index is 0.0212. The van der Waals surface area contributed by atoms with E-state index in [1.165, 1.54) is 4.68 Å². The Morgan fingerprint density at radius 1 is 1.44 bits per heavy atom. The lowest BCUT2D eigenvalue weighted by Gasteiger charge is -2.10. The summed E-state index contributed by atoms with van der Waals surface area (Å²) in [7, 11) is 0. The normalized spacial score (nSPS) is 11.8. The van der Waals surface area contributed by atoms with E-state index in [9.17, 15) is 0 Å². The number of aryl methyl sites for hydroxylation is 1. The van der Waals surface area contributed by atoms with Crippen molar-refractivity contribution in [3.8, 4) is 5.82 Å². The lowest BCUT2D eigenvalue weighted by Crippen LogP contribution is -2.21. The molecule has 0 aliphatic rings. The molecule has 0 aliphatic carbocycles. The summed E-state index contributed by atoms with van der Waals surface area (Å²) in [4.78, 5) is 0. The highest BCUT2D eigenvalue weighted by Gasteiger charge is 2.17. The van der Waals surface area contributed by atoms with Crippen molar-refractivity contribution >= 4 is 21.8 Å². The monoisotopic (exact) mass is 310 g/mol. The first-order chi connectivity index (χ1) is 8.54. The van der Waals surface area contributed by atoms with E-state index in [-0.39, 0.29) is 5.84 Å². The Kier molecular flexibility index (Phi) is 3.28. The van der Waals surface area contributed by atoms with Crippen molar-refractivity contribution in [1.82, 2.24) is 20.0 Å². The van der Waals surface area contributed by atoms with E-state index in [4.69, 9.17) is 10.9 Å². The summed E-state index contributed by atoms with van der Waals surface area (Å²) >= 11 is 3.30. The molecular weight excluding hydrogens is 300 g/mol. The first kappa shape index (κ1) is 12.5. The SMILES string of the molecule is Cc1nnc(-n2cc(Br)cn2)c(/C(N)=N/O)c1C. The molecule has 0 fully saturated rings. The third-order valence-corrected chi connectivity index (χ3v) is 2.98. The predicted molar refractivity (Wildman–Crippen MR) is 68.8 cm³/mol. The summed E-state index contributed by atoms with van der Waals surface area (Å²) in [5.41, 5.74) is 7.71. The molecule has 2 heterocycles. The molecule has 94 valence electrons.